The van der Waals surface area contributed by atoms with E-state index in [1.54, 1.807) is 14.2 Å². The highest BCUT2D eigenvalue weighted by molar-refractivity contribution is 5.82. The van der Waals surface area contributed by atoms with Gasteiger partial charge in [0.05, 0.1) is 39.4 Å². The molecule has 2 fully saturated rings. The molecule has 0 bridgehead atoms. The number of fused-ring (bicyclic) bond motifs is 3. The Morgan fingerprint density at radius 3 is 2.50 bits per heavy atom. The molecule has 1 N–H and O–H groups in total. The second-order valence-corrected chi connectivity index (χ2v) is 9.81. The number of carbonyl (C=O) groups is 1. The van der Waals surface area contributed by atoms with Crippen molar-refractivity contribution >= 4 is 17.3 Å². The maximum Gasteiger partial charge on any atom is 0.225 e. The zero-order valence-corrected chi connectivity index (χ0v) is 21.4. The molecule has 0 radical (unpaired) electrons. The van der Waals surface area contributed by atoms with E-state index in [9.17, 15) is 4.79 Å². The zero-order valence-electron chi connectivity index (χ0n) is 21.4. The summed E-state index contributed by atoms with van der Waals surface area (Å²) in [5.41, 5.74) is 3.58. The first kappa shape index (κ1) is 24.7. The van der Waals surface area contributed by atoms with Crippen molar-refractivity contribution < 1.29 is 19.0 Å². The van der Waals surface area contributed by atoms with Gasteiger partial charge in [-0.1, -0.05) is 6.07 Å². The van der Waals surface area contributed by atoms with Gasteiger partial charge in [0.25, 0.3) is 0 Å². The molecule has 2 saturated heterocycles. The highest BCUT2D eigenvalue weighted by Gasteiger charge is 2.41. The fourth-order valence-electron chi connectivity index (χ4n) is 5.70. The summed E-state index contributed by atoms with van der Waals surface area (Å²) in [5, 5.41) is 3.26. The van der Waals surface area contributed by atoms with E-state index in [2.05, 4.69) is 44.3 Å². The Balaban J connectivity index is 1.30. The Kier molecular flexibility index (Phi) is 7.82. The average Bonchev–Trinajstić information content (AvgIpc) is 2.94. The van der Waals surface area contributed by atoms with Crippen LogP contribution in [-0.4, -0.2) is 90.1 Å². The van der Waals surface area contributed by atoms with Crippen molar-refractivity contribution in [2.24, 2.45) is 5.92 Å². The summed E-state index contributed by atoms with van der Waals surface area (Å²) in [5.74, 6) is 1.77. The third kappa shape index (κ3) is 5.39. The number of ether oxygens (including phenoxy) is 3. The number of nitrogens with one attached hydrogen (secondary N) is 1. The molecule has 0 aromatic heterocycles. The number of hydrogen-bond donors (Lipinski definition) is 1. The lowest BCUT2D eigenvalue weighted by Crippen LogP contribution is -2.61. The van der Waals surface area contributed by atoms with Crippen LogP contribution in [0.15, 0.2) is 42.5 Å². The number of benzene rings is 2. The molecule has 3 aliphatic rings. The molecule has 0 saturated carbocycles. The minimum Gasteiger partial charge on any atom is -0.497 e. The fourth-order valence-corrected chi connectivity index (χ4v) is 5.70. The van der Waals surface area contributed by atoms with E-state index in [-0.39, 0.29) is 17.9 Å². The van der Waals surface area contributed by atoms with Gasteiger partial charge in [0.1, 0.15) is 11.5 Å². The molecule has 5 rings (SSSR count). The molecule has 0 unspecified atom stereocenters. The molecule has 8 nitrogen and oxygen atoms in total. The maximum absolute atomic E-state index is 13.5. The molecule has 2 atom stereocenters. The van der Waals surface area contributed by atoms with Crippen LogP contribution in [0.25, 0.3) is 0 Å². The zero-order chi connectivity index (χ0) is 24.9. The largest absolute Gasteiger partial charge is 0.497 e. The molecule has 0 aliphatic carbocycles. The van der Waals surface area contributed by atoms with Crippen LogP contribution >= 0.6 is 0 Å². The van der Waals surface area contributed by atoms with E-state index in [0.29, 0.717) is 6.54 Å². The summed E-state index contributed by atoms with van der Waals surface area (Å²) < 4.78 is 16.3. The van der Waals surface area contributed by atoms with E-state index < -0.39 is 0 Å². The van der Waals surface area contributed by atoms with Gasteiger partial charge in [-0.05, 0) is 55.3 Å². The molecule has 36 heavy (non-hydrogen) atoms. The first-order valence-electron chi connectivity index (χ1n) is 13.1. The molecule has 0 spiro atoms. The summed E-state index contributed by atoms with van der Waals surface area (Å²) in [6.07, 6.45) is 1.70. The predicted molar refractivity (Wildman–Crippen MR) is 141 cm³/mol. The molecule has 194 valence electrons. The Morgan fingerprint density at radius 1 is 1.00 bits per heavy atom. The number of hydrogen-bond acceptors (Lipinski definition) is 7. The van der Waals surface area contributed by atoms with Crippen molar-refractivity contribution in [2.75, 3.05) is 83.0 Å². The standard InChI is InChI=1S/C28H38N4O4/c1-34-23-8-5-22(6-9-23)31-12-13-32-26-19-24(35-2)7-4-21(26)18-25(27(32)20-31)28(33)29-10-3-11-30-14-16-36-17-15-30/h4-9,19,25,27H,3,10-18,20H2,1-2H3,(H,29,33)/t25-,27-/m0/s1. The van der Waals surface area contributed by atoms with Crippen molar-refractivity contribution in [2.45, 2.75) is 18.9 Å². The van der Waals surface area contributed by atoms with E-state index in [4.69, 9.17) is 14.2 Å². The minimum atomic E-state index is -0.102. The Hall–Kier alpha value is -2.97. The first-order valence-corrected chi connectivity index (χ1v) is 13.1. The van der Waals surface area contributed by atoms with Gasteiger partial charge in [0.2, 0.25) is 5.91 Å². The van der Waals surface area contributed by atoms with E-state index >= 15 is 0 Å². The van der Waals surface area contributed by atoms with E-state index in [1.165, 1.54) is 11.3 Å². The lowest BCUT2D eigenvalue weighted by atomic mass is 9.83. The maximum atomic E-state index is 13.5. The normalized spacial score (nSPS) is 21.9. The molecular weight excluding hydrogens is 456 g/mol. The van der Waals surface area contributed by atoms with E-state index in [1.807, 2.05) is 18.2 Å². The molecule has 2 aromatic rings. The van der Waals surface area contributed by atoms with Gasteiger partial charge in [0.15, 0.2) is 0 Å². The molecule has 1 amide bonds. The number of piperazine rings is 1. The minimum absolute atomic E-state index is 0.0969. The number of carbonyl (C=O) groups excluding carboxylic acids is 1. The van der Waals surface area contributed by atoms with Crippen LogP contribution in [0.5, 0.6) is 11.5 Å². The number of amides is 1. The van der Waals surface area contributed by atoms with Crippen LogP contribution in [0, 0.1) is 5.92 Å². The number of morpholine rings is 1. The first-order chi connectivity index (χ1) is 17.7. The average molecular weight is 495 g/mol. The highest BCUT2D eigenvalue weighted by atomic mass is 16.5. The van der Waals surface area contributed by atoms with Crippen molar-refractivity contribution in [3.63, 3.8) is 0 Å². The topological polar surface area (TPSA) is 66.5 Å². The molecule has 2 aromatic carbocycles. The lowest BCUT2D eigenvalue weighted by Gasteiger charge is -2.49. The molecule has 3 aliphatic heterocycles. The number of rotatable bonds is 8. The second kappa shape index (κ2) is 11.4. The van der Waals surface area contributed by atoms with Gasteiger partial charge in [-0.2, -0.15) is 0 Å². The van der Waals surface area contributed by atoms with Crippen molar-refractivity contribution in [3.8, 4) is 11.5 Å². The van der Waals surface area contributed by atoms with Gasteiger partial charge in [-0.25, -0.2) is 0 Å². The SMILES string of the molecule is COc1ccc(N2CCN3c4cc(OC)ccc4C[C@H](C(=O)NCCCN4CCOCC4)[C@@H]3C2)cc1. The number of anilines is 2. The molecule has 8 heteroatoms. The van der Waals surface area contributed by atoms with Crippen molar-refractivity contribution in [1.82, 2.24) is 10.2 Å². The van der Waals surface area contributed by atoms with Crippen molar-refractivity contribution in [1.29, 1.82) is 0 Å². The van der Waals surface area contributed by atoms with E-state index in [0.717, 1.165) is 82.5 Å². The van der Waals surface area contributed by atoms with Gasteiger partial charge in [-0.15, -0.1) is 0 Å². The second-order valence-electron chi connectivity index (χ2n) is 9.81. The third-order valence-electron chi connectivity index (χ3n) is 7.75. The predicted octanol–water partition coefficient (Wildman–Crippen LogP) is 2.41. The number of methoxy groups -OCH3 is 2. The summed E-state index contributed by atoms with van der Waals surface area (Å²) in [6, 6.07) is 14.6. The lowest BCUT2D eigenvalue weighted by molar-refractivity contribution is -0.125. The summed E-state index contributed by atoms with van der Waals surface area (Å²) in [7, 11) is 3.39. The van der Waals surface area contributed by atoms with Crippen molar-refractivity contribution in [3.05, 3.63) is 48.0 Å². The fraction of sp³-hybridized carbons (Fsp3) is 0.536. The molecular formula is C28H38N4O4. The smallest absolute Gasteiger partial charge is 0.225 e. The molecule has 3 heterocycles. The highest BCUT2D eigenvalue weighted by Crippen LogP contribution is 2.39. The van der Waals surface area contributed by atoms with Crippen LogP contribution in [0.2, 0.25) is 0 Å². The van der Waals surface area contributed by atoms with Crippen LogP contribution in [0.4, 0.5) is 11.4 Å². The Labute approximate surface area is 214 Å². The Morgan fingerprint density at radius 2 is 1.75 bits per heavy atom. The summed E-state index contributed by atoms with van der Waals surface area (Å²) >= 11 is 0. The van der Waals surface area contributed by atoms with Gasteiger partial charge >= 0.3 is 0 Å². The van der Waals surface area contributed by atoms with Gasteiger partial charge in [-0.3, -0.25) is 9.69 Å². The van der Waals surface area contributed by atoms with Crippen LogP contribution in [-0.2, 0) is 16.0 Å². The van der Waals surface area contributed by atoms with Crippen LogP contribution in [0.1, 0.15) is 12.0 Å². The van der Waals surface area contributed by atoms with Gasteiger partial charge < -0.3 is 29.3 Å². The third-order valence-corrected chi connectivity index (χ3v) is 7.75. The van der Waals surface area contributed by atoms with Crippen LogP contribution < -0.4 is 24.6 Å². The van der Waals surface area contributed by atoms with Crippen LogP contribution in [0.3, 0.4) is 0 Å². The van der Waals surface area contributed by atoms with Gasteiger partial charge in [0, 0.05) is 56.7 Å². The quantitative estimate of drug-likeness (QED) is 0.566. The Bertz CT molecular complexity index is 1020. The summed E-state index contributed by atoms with van der Waals surface area (Å²) in [6.45, 7) is 7.83. The summed E-state index contributed by atoms with van der Waals surface area (Å²) in [4.78, 5) is 20.8. The monoisotopic (exact) mass is 494 g/mol. The number of nitrogens with zero attached hydrogens (tertiary/aromatic N) is 3.